The van der Waals surface area contributed by atoms with E-state index in [1.807, 2.05) is 23.0 Å². The summed E-state index contributed by atoms with van der Waals surface area (Å²) in [6.07, 6.45) is 7.50. The first-order valence-corrected chi connectivity index (χ1v) is 9.36. The molecule has 1 unspecified atom stereocenters. The summed E-state index contributed by atoms with van der Waals surface area (Å²) in [6.45, 7) is 8.52. The molecule has 0 radical (unpaired) electrons. The van der Waals surface area contributed by atoms with Crippen LogP contribution in [0.2, 0.25) is 0 Å². The van der Waals surface area contributed by atoms with Crippen molar-refractivity contribution in [1.29, 1.82) is 0 Å². The molecule has 0 aliphatic carbocycles. The lowest BCUT2D eigenvalue weighted by Gasteiger charge is -2.48. The number of piperazine rings is 1. The van der Waals surface area contributed by atoms with Crippen molar-refractivity contribution in [3.05, 3.63) is 65.9 Å². The minimum absolute atomic E-state index is 0.176. The quantitative estimate of drug-likeness (QED) is 0.912. The largest absolute Gasteiger partial charge is 0.371 e. The van der Waals surface area contributed by atoms with Crippen molar-refractivity contribution in [3.63, 3.8) is 0 Å². The Kier molecular flexibility index (Phi) is 4.35. The van der Waals surface area contributed by atoms with Crippen molar-refractivity contribution >= 4 is 0 Å². The third kappa shape index (κ3) is 3.28. The Morgan fingerprint density at radius 2 is 1.96 bits per heavy atom. The van der Waals surface area contributed by atoms with Crippen molar-refractivity contribution < 1.29 is 4.39 Å². The number of aromatic nitrogens is 2. The van der Waals surface area contributed by atoms with E-state index in [-0.39, 0.29) is 17.3 Å². The number of hydrogen-bond acceptors (Lipinski definition) is 3. The molecule has 1 N–H and O–H groups in total. The highest BCUT2D eigenvalue weighted by Gasteiger charge is 2.42. The van der Waals surface area contributed by atoms with Gasteiger partial charge >= 0.3 is 0 Å². The number of nitrogens with one attached hydrogen (secondary N) is 1. The summed E-state index contributed by atoms with van der Waals surface area (Å²) < 4.78 is 15.2. The van der Waals surface area contributed by atoms with Crippen molar-refractivity contribution in [2.45, 2.75) is 51.9 Å². The summed E-state index contributed by atoms with van der Waals surface area (Å²) in [5.74, 6) is -0.205. The molecule has 2 aliphatic heterocycles. The Labute approximate surface area is 154 Å². The number of benzene rings is 1. The van der Waals surface area contributed by atoms with Crippen LogP contribution in [-0.2, 0) is 6.54 Å². The van der Waals surface area contributed by atoms with Gasteiger partial charge in [0.1, 0.15) is 5.82 Å². The Morgan fingerprint density at radius 1 is 1.19 bits per heavy atom. The maximum absolute atomic E-state index is 13.2. The smallest absolute Gasteiger partial charge is 0.123 e. The molecule has 1 aromatic heterocycles. The number of hydrogen-bond donors (Lipinski definition) is 1. The highest BCUT2D eigenvalue weighted by Crippen LogP contribution is 2.36. The van der Waals surface area contributed by atoms with E-state index in [4.69, 9.17) is 0 Å². The summed E-state index contributed by atoms with van der Waals surface area (Å²) in [7, 11) is 0. The molecule has 0 saturated carbocycles. The number of halogens is 1. The third-order valence-corrected chi connectivity index (χ3v) is 5.54. The molecule has 0 amide bonds. The fourth-order valence-corrected chi connectivity index (χ4v) is 4.24. The van der Waals surface area contributed by atoms with E-state index < -0.39 is 0 Å². The zero-order valence-electron chi connectivity index (χ0n) is 15.7. The first-order chi connectivity index (χ1) is 12.4. The zero-order valence-corrected chi connectivity index (χ0v) is 15.7. The van der Waals surface area contributed by atoms with E-state index in [0.717, 1.165) is 18.5 Å². The van der Waals surface area contributed by atoms with Crippen molar-refractivity contribution in [1.82, 2.24) is 20.0 Å². The normalized spacial score (nSPS) is 25.5. The summed E-state index contributed by atoms with van der Waals surface area (Å²) in [5, 5.41) is 8.43. The van der Waals surface area contributed by atoms with Gasteiger partial charge in [0.05, 0.1) is 18.3 Å². The Balaban J connectivity index is 1.58. The average Bonchev–Trinajstić information content (AvgIpc) is 3.24. The van der Waals surface area contributed by atoms with Gasteiger partial charge in [0.25, 0.3) is 0 Å². The minimum atomic E-state index is -0.205. The van der Waals surface area contributed by atoms with Crippen molar-refractivity contribution in [3.8, 4) is 0 Å². The first kappa shape index (κ1) is 17.3. The van der Waals surface area contributed by atoms with Gasteiger partial charge in [0, 0.05) is 24.8 Å². The maximum Gasteiger partial charge on any atom is 0.123 e. The lowest BCUT2D eigenvalue weighted by atomic mass is 9.79. The van der Waals surface area contributed by atoms with Gasteiger partial charge in [-0.2, -0.15) is 5.10 Å². The fourth-order valence-electron chi connectivity index (χ4n) is 4.24. The molecule has 138 valence electrons. The van der Waals surface area contributed by atoms with E-state index in [0.29, 0.717) is 18.6 Å². The number of nitrogens with zero attached hydrogens (tertiary/aromatic N) is 3. The number of fused-ring (bicyclic) bond motifs is 1. The van der Waals surface area contributed by atoms with Crippen LogP contribution in [0.4, 0.5) is 4.39 Å². The molecular formula is C21H27FN4. The summed E-state index contributed by atoms with van der Waals surface area (Å²) in [6, 6.07) is 9.92. The van der Waals surface area contributed by atoms with E-state index >= 15 is 0 Å². The molecule has 3 heterocycles. The highest BCUT2D eigenvalue weighted by atomic mass is 19.1. The highest BCUT2D eigenvalue weighted by molar-refractivity contribution is 5.20. The van der Waals surface area contributed by atoms with E-state index in [1.54, 1.807) is 0 Å². The third-order valence-electron chi connectivity index (χ3n) is 5.54. The Hall–Kier alpha value is -2.14. The minimum Gasteiger partial charge on any atom is -0.371 e. The predicted octanol–water partition coefficient (Wildman–Crippen LogP) is 3.72. The van der Waals surface area contributed by atoms with Crippen LogP contribution < -0.4 is 5.32 Å². The van der Waals surface area contributed by atoms with Gasteiger partial charge in [-0.25, -0.2) is 4.39 Å². The second kappa shape index (κ2) is 6.54. The van der Waals surface area contributed by atoms with Crippen LogP contribution >= 0.6 is 0 Å². The van der Waals surface area contributed by atoms with Gasteiger partial charge in [-0.05, 0) is 41.8 Å². The van der Waals surface area contributed by atoms with E-state index in [2.05, 4.69) is 54.4 Å². The fraction of sp³-hybridized carbons (Fsp3) is 0.476. The molecule has 1 aromatic carbocycles. The lowest BCUT2D eigenvalue weighted by Crippen LogP contribution is -2.60. The molecule has 1 fully saturated rings. The van der Waals surface area contributed by atoms with E-state index in [1.165, 1.54) is 17.8 Å². The first-order valence-electron chi connectivity index (χ1n) is 9.36. The summed E-state index contributed by atoms with van der Waals surface area (Å²) >= 11 is 0. The summed E-state index contributed by atoms with van der Waals surface area (Å²) in [5.41, 5.74) is 2.41. The monoisotopic (exact) mass is 354 g/mol. The van der Waals surface area contributed by atoms with Gasteiger partial charge in [-0.1, -0.05) is 39.0 Å². The second-order valence-corrected chi connectivity index (χ2v) is 8.49. The van der Waals surface area contributed by atoms with E-state index in [9.17, 15) is 4.39 Å². The molecule has 3 atom stereocenters. The average molecular weight is 354 g/mol. The van der Waals surface area contributed by atoms with Crippen LogP contribution in [0.15, 0.2) is 48.8 Å². The molecule has 2 aliphatic rings. The maximum atomic E-state index is 13.2. The van der Waals surface area contributed by atoms with Crippen LogP contribution in [0.1, 0.15) is 44.5 Å². The predicted molar refractivity (Wildman–Crippen MR) is 101 cm³/mol. The van der Waals surface area contributed by atoms with Crippen LogP contribution in [-0.4, -0.2) is 33.3 Å². The molecule has 4 rings (SSSR count). The van der Waals surface area contributed by atoms with Gasteiger partial charge in [0.15, 0.2) is 0 Å². The van der Waals surface area contributed by atoms with Gasteiger partial charge in [-0.3, -0.25) is 4.68 Å². The molecule has 0 bridgehead atoms. The molecule has 2 aromatic rings. The summed E-state index contributed by atoms with van der Waals surface area (Å²) in [4.78, 5) is 2.48. The topological polar surface area (TPSA) is 33.1 Å². The van der Waals surface area contributed by atoms with Crippen molar-refractivity contribution in [2.24, 2.45) is 5.41 Å². The van der Waals surface area contributed by atoms with Crippen LogP contribution in [0.25, 0.3) is 0 Å². The van der Waals surface area contributed by atoms with Crippen LogP contribution in [0.3, 0.4) is 0 Å². The Morgan fingerprint density at radius 3 is 2.69 bits per heavy atom. The SMILES string of the molecule is CC(C)(C)C1N[C@H](c2ccnn2Cc2ccc(F)cc2)CN2C=CC[C@H]12. The molecule has 1 saturated heterocycles. The second-order valence-electron chi connectivity index (χ2n) is 8.49. The molecule has 4 nitrogen and oxygen atoms in total. The standard InChI is InChI=1S/C21H27FN4/c1-21(2,3)20-19-5-4-12-25(19)14-17(24-20)18-10-11-23-26(18)13-15-6-8-16(22)9-7-15/h4,6-12,17,19-20,24H,5,13-14H2,1-3H3/t17-,19+,20?/m0/s1. The number of rotatable bonds is 3. The van der Waals surface area contributed by atoms with Crippen LogP contribution in [0.5, 0.6) is 0 Å². The van der Waals surface area contributed by atoms with Crippen molar-refractivity contribution in [2.75, 3.05) is 6.54 Å². The van der Waals surface area contributed by atoms with Gasteiger partial charge in [0.2, 0.25) is 0 Å². The molecule has 26 heavy (non-hydrogen) atoms. The van der Waals surface area contributed by atoms with Crippen LogP contribution in [0, 0.1) is 11.2 Å². The molecule has 0 spiro atoms. The molecular weight excluding hydrogens is 327 g/mol. The molecule has 5 heteroatoms. The Bertz CT molecular complexity index is 787. The van der Waals surface area contributed by atoms with Gasteiger partial charge in [-0.15, -0.1) is 0 Å². The zero-order chi connectivity index (χ0) is 18.3. The lowest BCUT2D eigenvalue weighted by molar-refractivity contribution is 0.0820. The van der Waals surface area contributed by atoms with Gasteiger partial charge < -0.3 is 10.2 Å².